The summed E-state index contributed by atoms with van der Waals surface area (Å²) in [5.41, 5.74) is 2.02. The molecule has 0 fully saturated rings. The average Bonchev–Trinajstić information content (AvgIpc) is 2.75. The Hall–Kier alpha value is -3.01. The lowest BCUT2D eigenvalue weighted by molar-refractivity contribution is 0.0600. The van der Waals surface area contributed by atoms with Gasteiger partial charge in [-0.1, -0.05) is 51.1 Å². The Balaban J connectivity index is 0.00000136. The van der Waals surface area contributed by atoms with Gasteiger partial charge in [-0.3, -0.25) is 0 Å². The molecule has 0 spiro atoms. The molecule has 4 heteroatoms. The van der Waals surface area contributed by atoms with Crippen LogP contribution in [-0.4, -0.2) is 23.3 Å². The van der Waals surface area contributed by atoms with E-state index in [4.69, 9.17) is 4.74 Å². The number of hydrogen-bond acceptors (Lipinski definition) is 4. The largest absolute Gasteiger partial charge is 0.508 e. The molecule has 2 N–H and O–H groups in total. The van der Waals surface area contributed by atoms with E-state index in [9.17, 15) is 15.0 Å². The van der Waals surface area contributed by atoms with E-state index in [1.54, 1.807) is 30.4 Å². The van der Waals surface area contributed by atoms with Crippen molar-refractivity contribution in [1.82, 2.24) is 0 Å². The molecule has 0 amide bonds. The number of phenols is 1. The Morgan fingerprint density at radius 1 is 1.07 bits per heavy atom. The Morgan fingerprint density at radius 3 is 2.32 bits per heavy atom. The van der Waals surface area contributed by atoms with Crippen LogP contribution in [0.2, 0.25) is 0 Å². The highest BCUT2D eigenvalue weighted by Crippen LogP contribution is 2.43. The van der Waals surface area contributed by atoms with Gasteiger partial charge < -0.3 is 14.9 Å². The monoisotopic (exact) mass is 380 g/mol. The second-order valence-corrected chi connectivity index (χ2v) is 6.65. The highest BCUT2D eigenvalue weighted by Gasteiger charge is 2.37. The molecule has 4 nitrogen and oxygen atoms in total. The number of ether oxygens (including phenoxy) is 1. The van der Waals surface area contributed by atoms with Crippen LogP contribution in [-0.2, 0) is 10.2 Å². The van der Waals surface area contributed by atoms with Gasteiger partial charge in [-0.05, 0) is 59.9 Å². The summed E-state index contributed by atoms with van der Waals surface area (Å²) in [6, 6.07) is 14.5. The lowest BCUT2D eigenvalue weighted by Crippen LogP contribution is -2.33. The maximum Gasteiger partial charge on any atom is 0.337 e. The zero-order chi connectivity index (χ0) is 20.7. The molecular weight excluding hydrogens is 352 g/mol. The summed E-state index contributed by atoms with van der Waals surface area (Å²) in [5.74, 6) is 0.168. The summed E-state index contributed by atoms with van der Waals surface area (Å²) < 4.78 is 4.86. The van der Waals surface area contributed by atoms with Gasteiger partial charge in [0.2, 0.25) is 0 Å². The van der Waals surface area contributed by atoms with Crippen LogP contribution in [0.15, 0.2) is 72.5 Å². The lowest BCUT2D eigenvalue weighted by Gasteiger charge is -2.38. The number of carbonyl (C=O) groups excluding carboxylic acids is 1. The summed E-state index contributed by atoms with van der Waals surface area (Å²) in [6.07, 6.45) is 6.17. The van der Waals surface area contributed by atoms with Gasteiger partial charge in [0.25, 0.3) is 0 Å². The third-order valence-electron chi connectivity index (χ3n) is 5.17. The molecule has 2 aromatic carbocycles. The fraction of sp³-hybridized carbons (Fsp3) is 0.292. The molecule has 0 aliphatic heterocycles. The van der Waals surface area contributed by atoms with Crippen LogP contribution < -0.4 is 0 Å². The normalized spacial score (nSPS) is 17.6. The first-order valence-electron chi connectivity index (χ1n) is 9.51. The fourth-order valence-electron chi connectivity index (χ4n) is 3.53. The molecular formula is C24H28O4. The van der Waals surface area contributed by atoms with Crippen LogP contribution in [0.4, 0.5) is 0 Å². The number of methoxy groups -OCH3 is 1. The quantitative estimate of drug-likeness (QED) is 0.685. The minimum absolute atomic E-state index is 0.0795. The number of allylic oxidation sites excluding steroid dienone is 3. The maximum atomic E-state index is 12.0. The molecule has 2 aromatic rings. The average molecular weight is 380 g/mol. The Morgan fingerprint density at radius 2 is 1.75 bits per heavy atom. The van der Waals surface area contributed by atoms with Crippen molar-refractivity contribution in [2.75, 3.05) is 7.11 Å². The molecule has 0 radical (unpaired) electrons. The number of esters is 1. The molecule has 0 bridgehead atoms. The molecule has 0 aromatic heterocycles. The van der Waals surface area contributed by atoms with E-state index in [0.717, 1.165) is 11.1 Å². The Bertz CT molecular complexity index is 864. The van der Waals surface area contributed by atoms with E-state index in [-0.39, 0.29) is 23.4 Å². The van der Waals surface area contributed by atoms with Gasteiger partial charge in [0.1, 0.15) is 11.5 Å². The third kappa shape index (κ3) is 4.28. The van der Waals surface area contributed by atoms with Crippen molar-refractivity contribution in [3.8, 4) is 5.75 Å². The summed E-state index contributed by atoms with van der Waals surface area (Å²) in [7, 11) is 1.37. The van der Waals surface area contributed by atoms with Crippen LogP contribution in [0.25, 0.3) is 0 Å². The van der Waals surface area contributed by atoms with E-state index >= 15 is 0 Å². The van der Waals surface area contributed by atoms with Gasteiger partial charge >= 0.3 is 5.97 Å². The summed E-state index contributed by atoms with van der Waals surface area (Å²) >= 11 is 0. The van der Waals surface area contributed by atoms with E-state index in [0.29, 0.717) is 12.0 Å². The van der Waals surface area contributed by atoms with Gasteiger partial charge in [0.15, 0.2) is 0 Å². The van der Waals surface area contributed by atoms with Gasteiger partial charge in [0.05, 0.1) is 12.7 Å². The van der Waals surface area contributed by atoms with Crippen LogP contribution >= 0.6 is 0 Å². The van der Waals surface area contributed by atoms with Crippen molar-refractivity contribution < 1.29 is 19.7 Å². The zero-order valence-electron chi connectivity index (χ0n) is 16.8. The topological polar surface area (TPSA) is 66.8 Å². The second-order valence-electron chi connectivity index (χ2n) is 6.65. The SMILES string of the molecule is CC.COC(=O)c1cccc(C(C)(c2ccc(O)cc2)C2C=CC(O)=CC2)c1. The maximum absolute atomic E-state index is 12.0. The predicted molar refractivity (Wildman–Crippen MR) is 112 cm³/mol. The van der Waals surface area contributed by atoms with Gasteiger partial charge in [-0.25, -0.2) is 4.79 Å². The lowest BCUT2D eigenvalue weighted by atomic mass is 9.65. The van der Waals surface area contributed by atoms with Crippen LogP contribution in [0, 0.1) is 5.92 Å². The highest BCUT2D eigenvalue weighted by atomic mass is 16.5. The van der Waals surface area contributed by atoms with Crippen LogP contribution in [0.5, 0.6) is 5.75 Å². The molecule has 28 heavy (non-hydrogen) atoms. The van der Waals surface area contributed by atoms with Gasteiger partial charge in [-0.15, -0.1) is 0 Å². The molecule has 2 unspecified atom stereocenters. The molecule has 0 heterocycles. The standard InChI is InChI=1S/C22H22O4.C2H6/c1-22(16-6-10-19(23)11-7-16,17-8-12-20(24)13-9-17)18-5-3-4-15(14-18)21(25)26-2;1-2/h3-8,10-14,17,23-24H,9H2,1-2H3;1-2H3. The van der Waals surface area contributed by atoms with E-state index < -0.39 is 5.41 Å². The van der Waals surface area contributed by atoms with Crippen molar-refractivity contribution in [3.63, 3.8) is 0 Å². The van der Waals surface area contributed by atoms with Crippen LogP contribution in [0.1, 0.15) is 48.7 Å². The minimum atomic E-state index is -0.453. The number of carbonyl (C=O) groups is 1. The molecule has 148 valence electrons. The van der Waals surface area contributed by atoms with E-state index in [1.807, 2.05) is 50.3 Å². The van der Waals surface area contributed by atoms with Crippen molar-refractivity contribution >= 4 is 5.97 Å². The summed E-state index contributed by atoms with van der Waals surface area (Å²) in [6.45, 7) is 6.11. The number of hydrogen-bond donors (Lipinski definition) is 2. The summed E-state index contributed by atoms with van der Waals surface area (Å²) in [4.78, 5) is 12.0. The van der Waals surface area contributed by atoms with Crippen molar-refractivity contribution in [3.05, 3.63) is 89.2 Å². The zero-order valence-corrected chi connectivity index (χ0v) is 16.8. The Kier molecular flexibility index (Phi) is 7.05. The first kappa shape index (κ1) is 21.3. The van der Waals surface area contributed by atoms with E-state index in [1.165, 1.54) is 7.11 Å². The van der Waals surface area contributed by atoms with Gasteiger partial charge in [0, 0.05) is 5.41 Å². The first-order valence-corrected chi connectivity index (χ1v) is 9.51. The molecule has 0 saturated carbocycles. The number of aliphatic hydroxyl groups excluding tert-OH is 1. The smallest absolute Gasteiger partial charge is 0.337 e. The second kappa shape index (κ2) is 9.27. The van der Waals surface area contributed by atoms with Crippen molar-refractivity contribution in [2.45, 2.75) is 32.6 Å². The Labute approximate surface area is 166 Å². The number of phenolic OH excluding ortho intramolecular Hbond substituents is 1. The number of aromatic hydroxyl groups is 1. The van der Waals surface area contributed by atoms with Crippen molar-refractivity contribution in [2.24, 2.45) is 5.92 Å². The molecule has 3 rings (SSSR count). The number of aliphatic hydroxyl groups is 1. The van der Waals surface area contributed by atoms with Crippen LogP contribution in [0.3, 0.4) is 0 Å². The number of rotatable bonds is 4. The molecule has 1 aliphatic rings. The molecule has 1 aliphatic carbocycles. The predicted octanol–water partition coefficient (Wildman–Crippen LogP) is 5.53. The number of benzene rings is 2. The highest BCUT2D eigenvalue weighted by molar-refractivity contribution is 5.89. The third-order valence-corrected chi connectivity index (χ3v) is 5.17. The van der Waals surface area contributed by atoms with E-state index in [2.05, 4.69) is 6.92 Å². The minimum Gasteiger partial charge on any atom is -0.508 e. The fourth-order valence-corrected chi connectivity index (χ4v) is 3.53. The first-order chi connectivity index (χ1) is 13.4. The van der Waals surface area contributed by atoms with Crippen molar-refractivity contribution in [1.29, 1.82) is 0 Å². The summed E-state index contributed by atoms with van der Waals surface area (Å²) in [5, 5.41) is 19.4. The molecule has 0 saturated heterocycles. The van der Waals surface area contributed by atoms with Gasteiger partial charge in [-0.2, -0.15) is 0 Å². The molecule has 2 atom stereocenters.